The van der Waals surface area contributed by atoms with Gasteiger partial charge in [0.15, 0.2) is 0 Å². The second-order valence-electron chi connectivity index (χ2n) is 5.33. The van der Waals surface area contributed by atoms with Gasteiger partial charge in [-0.1, -0.05) is 20.8 Å². The molecule has 0 aromatic carbocycles. The van der Waals surface area contributed by atoms with Crippen LogP contribution in [0.3, 0.4) is 0 Å². The van der Waals surface area contributed by atoms with Gasteiger partial charge in [0.05, 0.1) is 6.61 Å². The van der Waals surface area contributed by atoms with E-state index in [2.05, 4.69) is 5.32 Å². The van der Waals surface area contributed by atoms with Gasteiger partial charge in [0.25, 0.3) is 0 Å². The summed E-state index contributed by atoms with van der Waals surface area (Å²) in [4.78, 5) is 27.0. The zero-order valence-electron chi connectivity index (χ0n) is 12.7. The second kappa shape index (κ2) is 5.90. The van der Waals surface area contributed by atoms with Crippen LogP contribution in [0.1, 0.15) is 47.0 Å². The lowest BCUT2D eigenvalue weighted by Crippen LogP contribution is -2.74. The van der Waals surface area contributed by atoms with E-state index >= 15 is 0 Å². The minimum atomic E-state index is -0.793. The second-order valence-corrected chi connectivity index (χ2v) is 5.33. The van der Waals surface area contributed by atoms with Crippen molar-refractivity contribution in [1.82, 2.24) is 10.2 Å². The van der Waals surface area contributed by atoms with E-state index < -0.39 is 11.1 Å². The molecule has 5 nitrogen and oxygen atoms in total. The molecule has 0 aromatic rings. The lowest BCUT2D eigenvalue weighted by Gasteiger charge is -2.51. The summed E-state index contributed by atoms with van der Waals surface area (Å²) < 4.78 is 5.09. The van der Waals surface area contributed by atoms with Crippen molar-refractivity contribution in [1.29, 1.82) is 0 Å². The molecule has 0 aliphatic carbocycles. The molecular weight excluding hydrogens is 244 g/mol. The largest absolute Gasteiger partial charge is 0.383 e. The van der Waals surface area contributed by atoms with Crippen LogP contribution in [0.4, 0.5) is 0 Å². The maximum Gasteiger partial charge on any atom is 0.249 e. The molecule has 0 saturated carbocycles. The number of hydrogen-bond acceptors (Lipinski definition) is 3. The summed E-state index contributed by atoms with van der Waals surface area (Å²) in [5.41, 5.74) is -1.52. The third kappa shape index (κ3) is 2.48. The maximum absolute atomic E-state index is 12.7. The quantitative estimate of drug-likeness (QED) is 0.792. The van der Waals surface area contributed by atoms with Crippen LogP contribution in [0.25, 0.3) is 0 Å². The number of piperazine rings is 1. The van der Waals surface area contributed by atoms with Crippen LogP contribution in [0, 0.1) is 0 Å². The molecular formula is C14H26N2O3. The van der Waals surface area contributed by atoms with E-state index in [4.69, 9.17) is 4.74 Å². The molecule has 1 saturated heterocycles. The van der Waals surface area contributed by atoms with Crippen LogP contribution in [-0.2, 0) is 14.3 Å². The summed E-state index contributed by atoms with van der Waals surface area (Å²) in [5.74, 6) is -0.0482. The van der Waals surface area contributed by atoms with Gasteiger partial charge in [0.1, 0.15) is 11.1 Å². The summed E-state index contributed by atoms with van der Waals surface area (Å²) in [7, 11) is 1.60. The Bertz CT molecular complexity index is 353. The van der Waals surface area contributed by atoms with Crippen LogP contribution >= 0.6 is 0 Å². The van der Waals surface area contributed by atoms with Crippen molar-refractivity contribution in [2.75, 3.05) is 20.3 Å². The van der Waals surface area contributed by atoms with Crippen molar-refractivity contribution in [2.24, 2.45) is 0 Å². The van der Waals surface area contributed by atoms with Crippen molar-refractivity contribution in [3.05, 3.63) is 0 Å². The molecule has 2 amide bonds. The number of carbonyl (C=O) groups excluding carboxylic acids is 2. The zero-order valence-corrected chi connectivity index (χ0v) is 12.7. The van der Waals surface area contributed by atoms with E-state index in [1.54, 1.807) is 18.9 Å². The average Bonchev–Trinajstić information content (AvgIpc) is 2.41. The zero-order chi connectivity index (χ0) is 14.7. The van der Waals surface area contributed by atoms with Crippen LogP contribution in [0.5, 0.6) is 0 Å². The van der Waals surface area contributed by atoms with Crippen molar-refractivity contribution < 1.29 is 14.3 Å². The average molecular weight is 270 g/mol. The Kier molecular flexibility index (Phi) is 4.96. The number of carbonyl (C=O) groups is 2. The Morgan fingerprint density at radius 3 is 2.16 bits per heavy atom. The third-order valence-electron chi connectivity index (χ3n) is 4.44. The van der Waals surface area contributed by atoms with Crippen LogP contribution in [0.15, 0.2) is 0 Å². The first-order valence-corrected chi connectivity index (χ1v) is 7.05. The predicted molar refractivity (Wildman–Crippen MR) is 73.7 cm³/mol. The molecule has 1 aliphatic rings. The van der Waals surface area contributed by atoms with E-state index in [1.807, 2.05) is 20.8 Å². The number of amides is 2. The molecule has 5 heteroatoms. The molecule has 1 fully saturated rings. The van der Waals surface area contributed by atoms with Gasteiger partial charge in [0.2, 0.25) is 11.8 Å². The summed E-state index contributed by atoms with van der Waals surface area (Å²) in [6, 6.07) is 0. The fraction of sp³-hybridized carbons (Fsp3) is 0.857. The van der Waals surface area contributed by atoms with Gasteiger partial charge >= 0.3 is 0 Å². The molecule has 1 atom stereocenters. The summed E-state index contributed by atoms with van der Waals surface area (Å²) in [6.07, 6.45) is 1.82. The Balaban J connectivity index is 3.18. The van der Waals surface area contributed by atoms with Gasteiger partial charge in [0, 0.05) is 13.7 Å². The standard InChI is InChI=1S/C14H26N2O3/c1-6-13(4)12(18)16(9-10-19-5)14(7-2,8-3)11(17)15-13/h6-10H2,1-5H3,(H,15,17). The fourth-order valence-corrected chi connectivity index (χ4v) is 2.73. The Labute approximate surface area is 115 Å². The first-order chi connectivity index (χ1) is 8.91. The molecule has 1 rings (SSSR count). The summed E-state index contributed by atoms with van der Waals surface area (Å²) in [5, 5.41) is 2.92. The monoisotopic (exact) mass is 270 g/mol. The van der Waals surface area contributed by atoms with E-state index in [-0.39, 0.29) is 11.8 Å². The minimum absolute atomic E-state index is 0.00431. The smallest absolute Gasteiger partial charge is 0.249 e. The number of rotatable bonds is 6. The van der Waals surface area contributed by atoms with Gasteiger partial charge < -0.3 is 15.0 Å². The number of nitrogens with one attached hydrogen (secondary N) is 1. The van der Waals surface area contributed by atoms with Crippen molar-refractivity contribution in [3.63, 3.8) is 0 Å². The third-order valence-corrected chi connectivity index (χ3v) is 4.44. The lowest BCUT2D eigenvalue weighted by atomic mass is 9.81. The highest BCUT2D eigenvalue weighted by Crippen LogP contribution is 2.33. The number of methoxy groups -OCH3 is 1. The number of nitrogens with zero attached hydrogens (tertiary/aromatic N) is 1. The molecule has 0 spiro atoms. The minimum Gasteiger partial charge on any atom is -0.383 e. The highest BCUT2D eigenvalue weighted by Gasteiger charge is 2.54. The van der Waals surface area contributed by atoms with Gasteiger partial charge in [-0.2, -0.15) is 0 Å². The number of ether oxygens (including phenoxy) is 1. The van der Waals surface area contributed by atoms with E-state index in [1.165, 1.54) is 0 Å². The first-order valence-electron chi connectivity index (χ1n) is 7.05. The van der Waals surface area contributed by atoms with Crippen LogP contribution in [0.2, 0.25) is 0 Å². The van der Waals surface area contributed by atoms with Gasteiger partial charge in [-0.15, -0.1) is 0 Å². The summed E-state index contributed by atoms with van der Waals surface area (Å²) in [6.45, 7) is 8.51. The van der Waals surface area contributed by atoms with Crippen molar-refractivity contribution in [2.45, 2.75) is 58.0 Å². The fourth-order valence-electron chi connectivity index (χ4n) is 2.73. The van der Waals surface area contributed by atoms with Gasteiger partial charge in [-0.3, -0.25) is 9.59 Å². The molecule has 1 heterocycles. The maximum atomic E-state index is 12.7. The van der Waals surface area contributed by atoms with Crippen LogP contribution < -0.4 is 5.32 Å². The predicted octanol–water partition coefficient (Wildman–Crippen LogP) is 1.32. The molecule has 0 bridgehead atoms. The topological polar surface area (TPSA) is 58.6 Å². The molecule has 0 aromatic heterocycles. The highest BCUT2D eigenvalue weighted by molar-refractivity contribution is 6.02. The first kappa shape index (κ1) is 16.0. The summed E-state index contributed by atoms with van der Waals surface area (Å²) >= 11 is 0. The van der Waals surface area contributed by atoms with E-state index in [0.717, 1.165) is 0 Å². The van der Waals surface area contributed by atoms with E-state index in [9.17, 15) is 9.59 Å². The highest BCUT2D eigenvalue weighted by atomic mass is 16.5. The van der Waals surface area contributed by atoms with Gasteiger partial charge in [-0.05, 0) is 26.2 Å². The SMILES string of the molecule is CCC1(C)NC(=O)C(CC)(CC)N(CCOC)C1=O. The van der Waals surface area contributed by atoms with E-state index in [0.29, 0.717) is 32.4 Å². The number of hydrogen-bond donors (Lipinski definition) is 1. The lowest BCUT2D eigenvalue weighted by molar-refractivity contribution is -0.164. The Morgan fingerprint density at radius 1 is 1.16 bits per heavy atom. The Morgan fingerprint density at radius 2 is 1.74 bits per heavy atom. The van der Waals surface area contributed by atoms with Gasteiger partial charge in [-0.25, -0.2) is 0 Å². The molecule has 110 valence electrons. The molecule has 19 heavy (non-hydrogen) atoms. The molecule has 1 aliphatic heterocycles. The molecule has 1 unspecified atom stereocenters. The Hall–Kier alpha value is -1.10. The molecule has 0 radical (unpaired) electrons. The van der Waals surface area contributed by atoms with Crippen molar-refractivity contribution in [3.8, 4) is 0 Å². The molecule has 1 N–H and O–H groups in total. The van der Waals surface area contributed by atoms with Crippen LogP contribution in [-0.4, -0.2) is 48.1 Å². The normalized spacial score (nSPS) is 26.5. The van der Waals surface area contributed by atoms with Crippen molar-refractivity contribution >= 4 is 11.8 Å².